The van der Waals surface area contributed by atoms with Crippen LogP contribution < -0.4 is 4.74 Å². The predicted octanol–water partition coefficient (Wildman–Crippen LogP) is 6.27. The van der Waals surface area contributed by atoms with Crippen LogP contribution in [-0.4, -0.2) is 59.5 Å². The van der Waals surface area contributed by atoms with E-state index in [0.29, 0.717) is 45.0 Å². The van der Waals surface area contributed by atoms with Crippen LogP contribution in [-0.2, 0) is 17.1 Å². The van der Waals surface area contributed by atoms with Crippen molar-refractivity contribution in [2.75, 3.05) is 32.7 Å². The third-order valence-electron chi connectivity index (χ3n) is 7.51. The van der Waals surface area contributed by atoms with Gasteiger partial charge in [0.15, 0.2) is 0 Å². The first-order valence-electron chi connectivity index (χ1n) is 13.0. The van der Waals surface area contributed by atoms with Crippen molar-refractivity contribution in [3.63, 3.8) is 0 Å². The standard InChI is InChI=1S/C27H29F6N3O4/c28-26(29,30)20-3-1-18(2-4-20)19-7-12-34(13-8-19)14-11-25(37)35-15-9-21(10-16-35)40-22-5-6-24(36(38)39)23(17-22)27(31,32)33/h1-6,17,19,21H,7-16H2. The molecule has 0 spiro atoms. The maximum atomic E-state index is 13.2. The second kappa shape index (κ2) is 12.0. The maximum absolute atomic E-state index is 13.2. The summed E-state index contributed by atoms with van der Waals surface area (Å²) in [5.74, 6) is 0.0385. The van der Waals surface area contributed by atoms with Gasteiger partial charge in [-0.05, 0) is 61.7 Å². The average molecular weight is 574 g/mol. The van der Waals surface area contributed by atoms with Crippen molar-refractivity contribution >= 4 is 11.6 Å². The number of carbonyl (C=O) groups is 1. The summed E-state index contributed by atoms with van der Waals surface area (Å²) in [6.07, 6.45) is -6.93. The van der Waals surface area contributed by atoms with Crippen molar-refractivity contribution in [1.29, 1.82) is 0 Å². The molecule has 0 atom stereocenters. The second-order valence-electron chi connectivity index (χ2n) is 10.1. The average Bonchev–Trinajstić information content (AvgIpc) is 2.91. The van der Waals surface area contributed by atoms with Gasteiger partial charge < -0.3 is 14.5 Å². The van der Waals surface area contributed by atoms with Crippen molar-refractivity contribution in [3.05, 3.63) is 69.3 Å². The Kier molecular flexibility index (Phi) is 8.91. The lowest BCUT2D eigenvalue weighted by Crippen LogP contribution is -2.43. The zero-order valence-electron chi connectivity index (χ0n) is 21.5. The first-order valence-corrected chi connectivity index (χ1v) is 13.0. The van der Waals surface area contributed by atoms with Gasteiger partial charge in [-0.25, -0.2) is 0 Å². The molecule has 2 heterocycles. The number of rotatable bonds is 7. The normalized spacial score (nSPS) is 18.1. The molecule has 7 nitrogen and oxygen atoms in total. The minimum Gasteiger partial charge on any atom is -0.490 e. The van der Waals surface area contributed by atoms with Crippen molar-refractivity contribution in [1.82, 2.24) is 9.80 Å². The van der Waals surface area contributed by atoms with E-state index < -0.39 is 40.2 Å². The zero-order valence-corrected chi connectivity index (χ0v) is 21.5. The topological polar surface area (TPSA) is 75.9 Å². The van der Waals surface area contributed by atoms with Gasteiger partial charge in [0.1, 0.15) is 17.4 Å². The Balaban J connectivity index is 1.19. The highest BCUT2D eigenvalue weighted by Crippen LogP contribution is 2.38. The number of halogens is 6. The van der Waals surface area contributed by atoms with E-state index in [1.165, 1.54) is 12.1 Å². The van der Waals surface area contributed by atoms with E-state index in [1.807, 2.05) is 0 Å². The molecule has 0 radical (unpaired) electrons. The number of alkyl halides is 6. The molecule has 0 aromatic heterocycles. The summed E-state index contributed by atoms with van der Waals surface area (Å²) in [6, 6.07) is 7.86. The molecule has 2 aromatic carbocycles. The van der Waals surface area contributed by atoms with Crippen LogP contribution in [0.5, 0.6) is 5.75 Å². The molecule has 0 N–H and O–H groups in total. The Morgan fingerprint density at radius 2 is 1.52 bits per heavy atom. The number of piperidine rings is 2. The van der Waals surface area contributed by atoms with Gasteiger partial charge in [-0.15, -0.1) is 0 Å². The first kappa shape index (κ1) is 29.6. The number of hydrogen-bond donors (Lipinski definition) is 0. The summed E-state index contributed by atoms with van der Waals surface area (Å²) in [4.78, 5) is 26.4. The smallest absolute Gasteiger partial charge is 0.423 e. The molecular formula is C27H29F6N3O4. The van der Waals surface area contributed by atoms with Crippen LogP contribution in [0.1, 0.15) is 54.7 Å². The largest absolute Gasteiger partial charge is 0.490 e. The zero-order chi connectivity index (χ0) is 29.1. The SMILES string of the molecule is O=C(CCN1CCC(c2ccc(C(F)(F)F)cc2)CC1)N1CCC(Oc2ccc([N+](=O)[O-])c(C(F)(F)F)c2)CC1. The lowest BCUT2D eigenvalue weighted by Gasteiger charge is -2.34. The van der Waals surface area contributed by atoms with Crippen LogP contribution in [0.2, 0.25) is 0 Å². The van der Waals surface area contributed by atoms with Gasteiger partial charge in [0, 0.05) is 45.0 Å². The molecular weight excluding hydrogens is 544 g/mol. The molecule has 1 amide bonds. The molecule has 218 valence electrons. The van der Waals surface area contributed by atoms with Crippen LogP contribution in [0.3, 0.4) is 0 Å². The van der Waals surface area contributed by atoms with Crippen LogP contribution in [0.4, 0.5) is 32.0 Å². The molecule has 0 aliphatic carbocycles. The Hall–Kier alpha value is -3.35. The van der Waals surface area contributed by atoms with E-state index in [0.717, 1.165) is 55.8 Å². The maximum Gasteiger partial charge on any atom is 0.423 e. The summed E-state index contributed by atoms with van der Waals surface area (Å²) in [5.41, 5.74) is -2.18. The van der Waals surface area contributed by atoms with Gasteiger partial charge in [0.25, 0.3) is 5.69 Å². The second-order valence-corrected chi connectivity index (χ2v) is 10.1. The van der Waals surface area contributed by atoms with Crippen LogP contribution in [0.25, 0.3) is 0 Å². The highest BCUT2D eigenvalue weighted by Gasteiger charge is 2.39. The van der Waals surface area contributed by atoms with Crippen molar-refractivity contribution in [2.45, 2.75) is 56.5 Å². The Morgan fingerprint density at radius 3 is 2.08 bits per heavy atom. The Morgan fingerprint density at radius 1 is 0.900 bits per heavy atom. The molecule has 2 aromatic rings. The first-order chi connectivity index (χ1) is 18.8. The van der Waals surface area contributed by atoms with Crippen molar-refractivity contribution in [2.24, 2.45) is 0 Å². The Bertz CT molecular complexity index is 1190. The third-order valence-corrected chi connectivity index (χ3v) is 7.51. The Labute approximate surface area is 226 Å². The van der Waals surface area contributed by atoms with Gasteiger partial charge in [-0.1, -0.05) is 12.1 Å². The fourth-order valence-corrected chi connectivity index (χ4v) is 5.24. The number of hydrogen-bond acceptors (Lipinski definition) is 5. The van der Waals surface area contributed by atoms with Crippen LogP contribution >= 0.6 is 0 Å². The minimum atomic E-state index is -4.89. The van der Waals surface area contributed by atoms with Gasteiger partial charge in [-0.2, -0.15) is 26.3 Å². The van der Waals surface area contributed by atoms with Gasteiger partial charge in [-0.3, -0.25) is 14.9 Å². The van der Waals surface area contributed by atoms with Gasteiger partial charge in [0.2, 0.25) is 5.91 Å². The van der Waals surface area contributed by atoms with Crippen molar-refractivity contribution in [3.8, 4) is 5.75 Å². The number of amides is 1. The predicted molar refractivity (Wildman–Crippen MR) is 133 cm³/mol. The van der Waals surface area contributed by atoms with Gasteiger partial charge in [0.05, 0.1) is 10.5 Å². The fourth-order valence-electron chi connectivity index (χ4n) is 5.24. The number of ether oxygens (including phenoxy) is 1. The van der Waals surface area contributed by atoms with Gasteiger partial charge >= 0.3 is 12.4 Å². The molecule has 13 heteroatoms. The van der Waals surface area contributed by atoms with Crippen LogP contribution in [0, 0.1) is 10.1 Å². The summed E-state index contributed by atoms with van der Waals surface area (Å²) in [7, 11) is 0. The number of nitro benzene ring substituents is 1. The van der Waals surface area contributed by atoms with Crippen LogP contribution in [0.15, 0.2) is 42.5 Å². The lowest BCUT2D eigenvalue weighted by atomic mass is 9.89. The highest BCUT2D eigenvalue weighted by molar-refractivity contribution is 5.76. The van der Waals surface area contributed by atoms with E-state index in [4.69, 9.17) is 4.74 Å². The van der Waals surface area contributed by atoms with E-state index in [2.05, 4.69) is 4.90 Å². The number of likely N-dealkylation sites (tertiary alicyclic amines) is 2. The van der Waals surface area contributed by atoms with E-state index >= 15 is 0 Å². The molecule has 0 saturated carbocycles. The molecule has 4 rings (SSSR count). The summed E-state index contributed by atoms with van der Waals surface area (Å²) >= 11 is 0. The number of nitro groups is 1. The summed E-state index contributed by atoms with van der Waals surface area (Å²) in [6.45, 7) is 2.82. The highest BCUT2D eigenvalue weighted by atomic mass is 19.4. The lowest BCUT2D eigenvalue weighted by molar-refractivity contribution is -0.388. The summed E-state index contributed by atoms with van der Waals surface area (Å²) in [5, 5.41) is 10.9. The number of carbonyl (C=O) groups excluding carboxylic acids is 1. The van der Waals surface area contributed by atoms with E-state index in [1.54, 1.807) is 4.90 Å². The van der Waals surface area contributed by atoms with Crippen molar-refractivity contribution < 1.29 is 40.8 Å². The molecule has 2 aliphatic rings. The molecule has 2 saturated heterocycles. The van der Waals surface area contributed by atoms with E-state index in [9.17, 15) is 41.3 Å². The minimum absolute atomic E-state index is 0.0296. The monoisotopic (exact) mass is 573 g/mol. The molecule has 0 unspecified atom stereocenters. The molecule has 40 heavy (non-hydrogen) atoms. The summed E-state index contributed by atoms with van der Waals surface area (Å²) < 4.78 is 83.7. The quantitative estimate of drug-likeness (QED) is 0.222. The number of nitrogens with zero attached hydrogens (tertiary/aromatic N) is 3. The molecule has 2 fully saturated rings. The third kappa shape index (κ3) is 7.43. The van der Waals surface area contributed by atoms with E-state index in [-0.39, 0.29) is 17.6 Å². The fraction of sp³-hybridized carbons (Fsp3) is 0.519. The molecule has 2 aliphatic heterocycles. The molecule has 0 bridgehead atoms. The number of benzene rings is 2.